The second kappa shape index (κ2) is 35.8. The van der Waals surface area contributed by atoms with E-state index in [2.05, 4.69) is 349 Å². The summed E-state index contributed by atoms with van der Waals surface area (Å²) in [5.74, 6) is 1.58. The van der Waals surface area contributed by atoms with Crippen LogP contribution in [0.4, 0.5) is 0 Å². The molecule has 2 heterocycles. The lowest BCUT2D eigenvalue weighted by molar-refractivity contribution is 0.0997. The zero-order valence-electron chi connectivity index (χ0n) is 69.9. The fourth-order valence-corrected chi connectivity index (χ4v) is 15.6. The highest BCUT2D eigenvalue weighted by Gasteiger charge is 2.33. The minimum absolute atomic E-state index is 0.00830. The molecule has 12 heteroatoms. The van der Waals surface area contributed by atoms with E-state index in [0.717, 1.165) is 123 Å². The molecule has 0 unspecified atom stereocenters. The Morgan fingerprint density at radius 3 is 0.630 bits per heavy atom. The van der Waals surface area contributed by atoms with Crippen LogP contribution in [0.5, 0.6) is 23.0 Å². The summed E-state index contributed by atoms with van der Waals surface area (Å²) < 4.78 is 0. The van der Waals surface area contributed by atoms with Crippen LogP contribution in [0.3, 0.4) is 0 Å². The van der Waals surface area contributed by atoms with E-state index in [4.69, 9.17) is 0 Å². The van der Waals surface area contributed by atoms with Crippen LogP contribution < -0.4 is 21.3 Å². The molecule has 2 aliphatic rings. The fourth-order valence-electron chi connectivity index (χ4n) is 15.6. The van der Waals surface area contributed by atoms with Gasteiger partial charge in [-0.05, 0) is 87.8 Å². The fraction of sp³-hybridized carbons (Fsp3) is 0.500. The zero-order valence-corrected chi connectivity index (χ0v) is 69.9. The molecule has 0 saturated carbocycles. The summed E-state index contributed by atoms with van der Waals surface area (Å²) in [5, 5.41) is 62.1. The SMILES string of the molecule is CC1(C)CN(Cc2ccccc2)Cc2cc(C(C)(C)C)cc(c2O)CN(Cc2ccccc2)CC(C)(C)CN(Cc2ccccc2)Cc2cc(C(C)(C)C)cc(c2O)CN(Cc2ccccc2)C1.CC1(C)CNCc2cc(C(C)(C)C)cc(c2O)CNCC(C)(C)CNCc2cc(C(C)(C)C)cc(c2O)CNC1. The molecule has 8 aromatic carbocycles. The number of phenolic OH excluding ortho intramolecular Hbond substituents is 4. The van der Waals surface area contributed by atoms with Crippen molar-refractivity contribution in [3.8, 4) is 23.0 Å². The summed E-state index contributed by atoms with van der Waals surface area (Å²) in [6.45, 7) is 59.8. The van der Waals surface area contributed by atoms with Crippen molar-refractivity contribution in [2.24, 2.45) is 21.7 Å². The Balaban J connectivity index is 0.000000286. The molecular weight excluding hydrogens is 1330 g/mol. The van der Waals surface area contributed by atoms with Gasteiger partial charge in [-0.3, -0.25) is 19.6 Å². The van der Waals surface area contributed by atoms with Gasteiger partial charge in [-0.15, -0.1) is 0 Å². The number of nitrogens with zero attached hydrogens (tertiary/aromatic N) is 4. The predicted molar refractivity (Wildman–Crippen MR) is 451 cm³/mol. The average Bonchev–Trinajstić information content (AvgIpc) is 0.801. The van der Waals surface area contributed by atoms with E-state index < -0.39 is 0 Å². The highest BCUT2D eigenvalue weighted by molar-refractivity contribution is 5.50. The Kier molecular flexibility index (Phi) is 28.0. The van der Waals surface area contributed by atoms with Gasteiger partial charge in [0.1, 0.15) is 23.0 Å². The Morgan fingerprint density at radius 2 is 0.444 bits per heavy atom. The summed E-state index contributed by atoms with van der Waals surface area (Å²) in [4.78, 5) is 10.2. The summed E-state index contributed by atoms with van der Waals surface area (Å²) in [6.07, 6.45) is 0. The first-order valence-corrected chi connectivity index (χ1v) is 39.9. The van der Waals surface area contributed by atoms with Crippen LogP contribution in [0.15, 0.2) is 170 Å². The number of rotatable bonds is 8. The van der Waals surface area contributed by atoms with Crippen molar-refractivity contribution in [1.82, 2.24) is 40.9 Å². The van der Waals surface area contributed by atoms with Crippen molar-refractivity contribution in [3.63, 3.8) is 0 Å². The minimum Gasteiger partial charge on any atom is -0.507 e. The van der Waals surface area contributed by atoms with Gasteiger partial charge in [0.2, 0.25) is 0 Å². The van der Waals surface area contributed by atoms with E-state index >= 15 is 0 Å². The maximum Gasteiger partial charge on any atom is 0.124 e. The Morgan fingerprint density at radius 1 is 0.269 bits per heavy atom. The van der Waals surface area contributed by atoms with Gasteiger partial charge < -0.3 is 41.7 Å². The first-order chi connectivity index (χ1) is 50.6. The second-order valence-electron chi connectivity index (χ2n) is 39.2. The average molecular weight is 1470 g/mol. The summed E-state index contributed by atoms with van der Waals surface area (Å²) in [5.41, 5.74) is 16.9. The molecule has 10 rings (SSSR count). The maximum absolute atomic E-state index is 12.6. The molecule has 0 aromatic heterocycles. The lowest BCUT2D eigenvalue weighted by Crippen LogP contribution is -2.42. The minimum atomic E-state index is -0.185. The molecular formula is C96H136N8O4. The molecule has 108 heavy (non-hydrogen) atoms. The van der Waals surface area contributed by atoms with Crippen molar-refractivity contribution in [3.05, 3.63) is 259 Å². The van der Waals surface area contributed by atoms with Crippen molar-refractivity contribution < 1.29 is 20.4 Å². The third-order valence-corrected chi connectivity index (χ3v) is 21.4. The number of benzene rings is 8. The Hall–Kier alpha value is -7.36. The molecule has 0 fully saturated rings. The van der Waals surface area contributed by atoms with Gasteiger partial charge in [-0.2, -0.15) is 0 Å². The topological polar surface area (TPSA) is 142 Å². The Bertz CT molecular complexity index is 3690. The molecule has 0 spiro atoms. The van der Waals surface area contributed by atoms with Gasteiger partial charge in [0, 0.05) is 175 Å². The van der Waals surface area contributed by atoms with Gasteiger partial charge in [-0.1, -0.05) is 308 Å². The van der Waals surface area contributed by atoms with Crippen molar-refractivity contribution >= 4 is 0 Å². The maximum atomic E-state index is 12.6. The number of fused-ring (bicyclic) bond motifs is 8. The first-order valence-electron chi connectivity index (χ1n) is 39.9. The summed E-state index contributed by atoms with van der Waals surface area (Å²) in [7, 11) is 0. The van der Waals surface area contributed by atoms with E-state index in [0.29, 0.717) is 75.4 Å². The monoisotopic (exact) mass is 1470 g/mol. The van der Waals surface area contributed by atoms with Gasteiger partial charge in [0.05, 0.1) is 0 Å². The zero-order chi connectivity index (χ0) is 78.6. The number of hydrogen-bond donors (Lipinski definition) is 8. The van der Waals surface area contributed by atoms with Crippen LogP contribution >= 0.6 is 0 Å². The number of aromatic hydroxyl groups is 4. The lowest BCUT2D eigenvalue weighted by atomic mass is 9.83. The third-order valence-electron chi connectivity index (χ3n) is 21.4. The second-order valence-corrected chi connectivity index (χ2v) is 39.2. The number of hydrogen-bond acceptors (Lipinski definition) is 12. The Labute approximate surface area is 652 Å². The van der Waals surface area contributed by atoms with E-state index in [9.17, 15) is 20.4 Å². The van der Waals surface area contributed by atoms with E-state index in [-0.39, 0.29) is 43.3 Å². The largest absolute Gasteiger partial charge is 0.507 e. The van der Waals surface area contributed by atoms with Crippen molar-refractivity contribution in [2.45, 2.75) is 239 Å². The van der Waals surface area contributed by atoms with Gasteiger partial charge in [0.25, 0.3) is 0 Å². The van der Waals surface area contributed by atoms with Crippen LogP contribution in [0.1, 0.15) is 227 Å². The predicted octanol–water partition coefficient (Wildman–Crippen LogP) is 19.3. The molecule has 0 radical (unpaired) electrons. The molecule has 0 amide bonds. The van der Waals surface area contributed by atoms with Crippen molar-refractivity contribution in [1.29, 1.82) is 0 Å². The number of nitrogens with one attached hydrogen (secondary N) is 4. The molecule has 0 saturated heterocycles. The molecule has 0 atom stereocenters. The van der Waals surface area contributed by atoms with Gasteiger partial charge >= 0.3 is 0 Å². The molecule has 0 aliphatic carbocycles. The quantitative estimate of drug-likeness (QED) is 0.0734. The molecule has 584 valence electrons. The molecule has 12 nitrogen and oxygen atoms in total. The van der Waals surface area contributed by atoms with E-state index in [1.807, 2.05) is 0 Å². The highest BCUT2D eigenvalue weighted by Crippen LogP contribution is 2.40. The standard InChI is InChI=1S/C62H80N4O2.C34H56N4O2/c1-59(2,3)55-31-51-39-63(35-47-23-15-11-16-24-47)43-61(7,8)45-65(37-49-27-19-13-20-28-49)41-53-33-56(60(4,5)6)34-54(58(53)68)42-66(38-50-29-21-14-22-30-50)46-62(9,10)44-64(40-52(32-55)57(51)67)36-48-25-17-12-18-26-48;1-31(2,3)27-11-23-15-35-19-33(7,8)21-37-17-25-13-28(32(4,5)6)14-26(30(25)40)18-38-22-34(9,10)20-36-16-24(12-27)29(23)39/h11-34,67-68H,35-46H2,1-10H3;11-14,35-40H,15-22H2,1-10H3. The molecule has 8 bridgehead atoms. The lowest BCUT2D eigenvalue weighted by Gasteiger charge is -2.39. The van der Waals surface area contributed by atoms with Crippen LogP contribution in [0, 0.1) is 21.7 Å². The highest BCUT2D eigenvalue weighted by atomic mass is 16.3. The summed E-state index contributed by atoms with van der Waals surface area (Å²) in [6, 6.07) is 60.8. The van der Waals surface area contributed by atoms with Crippen LogP contribution in [0.25, 0.3) is 0 Å². The number of phenols is 4. The first kappa shape index (κ1) is 84.7. The third kappa shape index (κ3) is 25.3. The smallest absolute Gasteiger partial charge is 0.124 e. The van der Waals surface area contributed by atoms with Crippen molar-refractivity contribution in [2.75, 3.05) is 52.4 Å². The summed E-state index contributed by atoms with van der Waals surface area (Å²) >= 11 is 0. The van der Waals surface area contributed by atoms with Crippen LogP contribution in [-0.2, 0) is 100 Å². The molecule has 8 N–H and O–H groups in total. The van der Waals surface area contributed by atoms with Gasteiger partial charge in [0.15, 0.2) is 0 Å². The molecule has 8 aromatic rings. The normalized spacial score (nSPS) is 18.3. The van der Waals surface area contributed by atoms with Crippen LogP contribution in [-0.4, -0.2) is 92.4 Å². The van der Waals surface area contributed by atoms with Gasteiger partial charge in [-0.25, -0.2) is 0 Å². The molecule has 2 aliphatic heterocycles. The van der Waals surface area contributed by atoms with E-state index in [1.165, 1.54) is 44.5 Å². The van der Waals surface area contributed by atoms with E-state index in [1.54, 1.807) is 0 Å². The van der Waals surface area contributed by atoms with Crippen LogP contribution in [0.2, 0.25) is 0 Å².